The second kappa shape index (κ2) is 6.75. The number of fused-ring (bicyclic) bond motifs is 1. The predicted octanol–water partition coefficient (Wildman–Crippen LogP) is 2.26. The summed E-state index contributed by atoms with van der Waals surface area (Å²) in [7, 11) is -3.40. The van der Waals surface area contributed by atoms with E-state index in [1.807, 2.05) is 44.2 Å². The van der Waals surface area contributed by atoms with Gasteiger partial charge in [-0.3, -0.25) is 0 Å². The van der Waals surface area contributed by atoms with Gasteiger partial charge in [0.05, 0.1) is 17.4 Å². The standard InChI is InChI=1S/C20H29NO6S/c1-19(2,3)28(22,23)21-11-14(21)15-16-17(27-20(4,5)26-16)18(25-15)24-12-13-9-7-6-8-10-13/h6-10,14-18H,11-12H2,1-5H3. The molecular weight excluding hydrogens is 382 g/mol. The van der Waals surface area contributed by atoms with E-state index in [-0.39, 0.29) is 18.2 Å². The number of nitrogens with zero attached hydrogens (tertiary/aromatic N) is 1. The van der Waals surface area contributed by atoms with Gasteiger partial charge >= 0.3 is 0 Å². The molecule has 0 N–H and O–H groups in total. The van der Waals surface area contributed by atoms with E-state index in [9.17, 15) is 8.42 Å². The summed E-state index contributed by atoms with van der Waals surface area (Å²) in [5.41, 5.74) is 1.03. The van der Waals surface area contributed by atoms with Crippen LogP contribution in [0.25, 0.3) is 0 Å². The van der Waals surface area contributed by atoms with Crippen LogP contribution in [0.4, 0.5) is 0 Å². The van der Waals surface area contributed by atoms with Crippen molar-refractivity contribution < 1.29 is 27.4 Å². The van der Waals surface area contributed by atoms with Crippen molar-refractivity contribution in [3.05, 3.63) is 35.9 Å². The molecule has 0 bridgehead atoms. The second-order valence-corrected chi connectivity index (χ2v) is 11.7. The van der Waals surface area contributed by atoms with E-state index in [0.717, 1.165) is 5.56 Å². The topological polar surface area (TPSA) is 74.1 Å². The molecule has 0 aromatic heterocycles. The zero-order valence-electron chi connectivity index (χ0n) is 17.0. The zero-order valence-corrected chi connectivity index (χ0v) is 17.8. The van der Waals surface area contributed by atoms with Gasteiger partial charge in [0.25, 0.3) is 0 Å². The molecule has 7 nitrogen and oxygen atoms in total. The average Bonchev–Trinajstić information content (AvgIpc) is 3.25. The summed E-state index contributed by atoms with van der Waals surface area (Å²) in [4.78, 5) is 0. The molecule has 3 aliphatic rings. The summed E-state index contributed by atoms with van der Waals surface area (Å²) in [6.45, 7) is 9.66. The molecular formula is C20H29NO6S. The largest absolute Gasteiger partial charge is 0.345 e. The number of hydrogen-bond acceptors (Lipinski definition) is 6. The smallest absolute Gasteiger partial charge is 0.219 e. The van der Waals surface area contributed by atoms with Crippen molar-refractivity contribution in [2.75, 3.05) is 6.54 Å². The third-order valence-corrected chi connectivity index (χ3v) is 7.95. The van der Waals surface area contributed by atoms with Crippen LogP contribution in [0.1, 0.15) is 40.2 Å². The van der Waals surface area contributed by atoms with Gasteiger partial charge in [0.2, 0.25) is 10.0 Å². The fourth-order valence-electron chi connectivity index (χ4n) is 3.82. The van der Waals surface area contributed by atoms with Gasteiger partial charge in [-0.05, 0) is 40.2 Å². The van der Waals surface area contributed by atoms with Crippen LogP contribution in [0.3, 0.4) is 0 Å². The first-order valence-electron chi connectivity index (χ1n) is 9.68. The number of hydrogen-bond donors (Lipinski definition) is 0. The molecule has 0 radical (unpaired) electrons. The molecule has 3 fully saturated rings. The van der Waals surface area contributed by atoms with Gasteiger partial charge in [0.1, 0.15) is 18.3 Å². The lowest BCUT2D eigenvalue weighted by Crippen LogP contribution is -2.39. The Labute approximate surface area is 166 Å². The molecule has 28 heavy (non-hydrogen) atoms. The molecule has 6 atom stereocenters. The highest BCUT2D eigenvalue weighted by molar-refractivity contribution is 7.90. The Bertz CT molecular complexity index is 819. The average molecular weight is 412 g/mol. The lowest BCUT2D eigenvalue weighted by molar-refractivity contribution is -0.236. The van der Waals surface area contributed by atoms with Crippen LogP contribution >= 0.6 is 0 Å². The zero-order chi connectivity index (χ0) is 20.3. The predicted molar refractivity (Wildman–Crippen MR) is 103 cm³/mol. The third-order valence-electron chi connectivity index (χ3n) is 5.37. The SMILES string of the molecule is CC1(C)OC2C(OCc3ccccc3)OC(C3CN3S(=O)(=O)C(C)(C)C)C2O1. The summed E-state index contributed by atoms with van der Waals surface area (Å²) in [5.74, 6) is -0.756. The Hall–Kier alpha value is -1.03. The lowest BCUT2D eigenvalue weighted by Gasteiger charge is -2.25. The maximum Gasteiger partial charge on any atom is 0.219 e. The maximum absolute atomic E-state index is 12.8. The molecule has 1 aromatic rings. The first-order chi connectivity index (χ1) is 13.0. The highest BCUT2D eigenvalue weighted by Crippen LogP contribution is 2.45. The molecule has 1 aromatic carbocycles. The fourth-order valence-corrected chi connectivity index (χ4v) is 5.35. The van der Waals surface area contributed by atoms with Crippen LogP contribution in [-0.4, -0.2) is 60.4 Å². The number of sulfonamides is 1. The third kappa shape index (κ3) is 3.62. The molecule has 156 valence electrons. The van der Waals surface area contributed by atoms with Crippen molar-refractivity contribution >= 4 is 10.0 Å². The van der Waals surface area contributed by atoms with Crippen LogP contribution in [0.15, 0.2) is 30.3 Å². The Kier molecular flexibility index (Phi) is 4.88. The van der Waals surface area contributed by atoms with Crippen LogP contribution in [-0.2, 0) is 35.6 Å². The molecule has 4 rings (SSSR count). The maximum atomic E-state index is 12.8. The molecule has 3 saturated heterocycles. The molecule has 3 heterocycles. The Morgan fingerprint density at radius 2 is 1.75 bits per heavy atom. The fraction of sp³-hybridized carbons (Fsp3) is 0.700. The van der Waals surface area contributed by atoms with Gasteiger partial charge in [-0.1, -0.05) is 30.3 Å². The normalized spacial score (nSPS) is 37.0. The molecule has 0 spiro atoms. The van der Waals surface area contributed by atoms with Crippen molar-refractivity contribution in [2.45, 2.75) is 82.4 Å². The van der Waals surface area contributed by atoms with Crippen molar-refractivity contribution in [2.24, 2.45) is 0 Å². The van der Waals surface area contributed by atoms with E-state index in [0.29, 0.717) is 13.2 Å². The number of benzene rings is 1. The lowest BCUT2D eigenvalue weighted by atomic mass is 10.1. The van der Waals surface area contributed by atoms with Crippen LogP contribution in [0.2, 0.25) is 0 Å². The number of ether oxygens (including phenoxy) is 4. The Morgan fingerprint density at radius 3 is 2.39 bits per heavy atom. The second-order valence-electron chi connectivity index (χ2n) is 9.08. The molecule has 3 aliphatic heterocycles. The summed E-state index contributed by atoms with van der Waals surface area (Å²) >= 11 is 0. The van der Waals surface area contributed by atoms with Crippen molar-refractivity contribution in [3.63, 3.8) is 0 Å². The molecule has 6 unspecified atom stereocenters. The van der Waals surface area contributed by atoms with Gasteiger partial charge in [0, 0.05) is 6.54 Å². The van der Waals surface area contributed by atoms with Crippen molar-refractivity contribution in [3.8, 4) is 0 Å². The minimum absolute atomic E-state index is 0.250. The minimum atomic E-state index is -3.40. The van der Waals surface area contributed by atoms with Gasteiger partial charge < -0.3 is 18.9 Å². The van der Waals surface area contributed by atoms with E-state index in [1.165, 1.54) is 4.31 Å². The van der Waals surface area contributed by atoms with Crippen LogP contribution < -0.4 is 0 Å². The van der Waals surface area contributed by atoms with Gasteiger partial charge in [0.15, 0.2) is 12.1 Å². The first-order valence-corrected chi connectivity index (χ1v) is 11.1. The quantitative estimate of drug-likeness (QED) is 0.692. The highest BCUT2D eigenvalue weighted by atomic mass is 32.2. The molecule has 8 heteroatoms. The summed E-state index contributed by atoms with van der Waals surface area (Å²) in [5, 5.41) is 0. The summed E-state index contributed by atoms with van der Waals surface area (Å²) in [6.07, 6.45) is -1.76. The molecule has 0 amide bonds. The Balaban J connectivity index is 1.48. The number of rotatable bonds is 5. The van der Waals surface area contributed by atoms with Crippen LogP contribution in [0, 0.1) is 0 Å². The summed E-state index contributed by atoms with van der Waals surface area (Å²) in [6, 6.07) is 9.58. The van der Waals surface area contributed by atoms with Crippen molar-refractivity contribution in [1.29, 1.82) is 0 Å². The van der Waals surface area contributed by atoms with E-state index >= 15 is 0 Å². The van der Waals surface area contributed by atoms with Gasteiger partial charge in [-0.25, -0.2) is 8.42 Å². The van der Waals surface area contributed by atoms with E-state index in [4.69, 9.17) is 18.9 Å². The Morgan fingerprint density at radius 1 is 1.11 bits per heavy atom. The monoisotopic (exact) mass is 411 g/mol. The van der Waals surface area contributed by atoms with Gasteiger partial charge in [-0.15, -0.1) is 0 Å². The first kappa shape index (κ1) is 20.3. The van der Waals surface area contributed by atoms with E-state index < -0.39 is 33.0 Å². The van der Waals surface area contributed by atoms with Crippen molar-refractivity contribution in [1.82, 2.24) is 4.31 Å². The molecule has 0 saturated carbocycles. The summed E-state index contributed by atoms with van der Waals surface area (Å²) < 4.78 is 50.4. The minimum Gasteiger partial charge on any atom is -0.345 e. The van der Waals surface area contributed by atoms with Crippen LogP contribution in [0.5, 0.6) is 0 Å². The van der Waals surface area contributed by atoms with E-state index in [2.05, 4.69) is 0 Å². The highest BCUT2D eigenvalue weighted by Gasteiger charge is 2.64. The van der Waals surface area contributed by atoms with Gasteiger partial charge in [-0.2, -0.15) is 4.31 Å². The van der Waals surface area contributed by atoms with E-state index in [1.54, 1.807) is 20.8 Å². The molecule has 0 aliphatic carbocycles.